The highest BCUT2D eigenvalue weighted by Gasteiger charge is 2.19. The van der Waals surface area contributed by atoms with Crippen LogP contribution in [0.2, 0.25) is 0 Å². The number of carbonyl (C=O) groups is 1. The van der Waals surface area contributed by atoms with Gasteiger partial charge in [0.2, 0.25) is 5.91 Å². The minimum Gasteiger partial charge on any atom is -0.378 e. The molecule has 0 saturated heterocycles. The van der Waals surface area contributed by atoms with E-state index >= 15 is 0 Å². The second-order valence-electron chi connectivity index (χ2n) is 6.06. The molecule has 25 heavy (non-hydrogen) atoms. The summed E-state index contributed by atoms with van der Waals surface area (Å²) < 4.78 is 0. The van der Waals surface area contributed by atoms with Gasteiger partial charge in [0.15, 0.2) is 0 Å². The number of anilines is 2. The molecule has 1 N–H and O–H groups in total. The quantitative estimate of drug-likeness (QED) is 0.828. The number of hydrogen-bond donors (Lipinski definition) is 1. The molecule has 5 nitrogen and oxygen atoms in total. The zero-order chi connectivity index (χ0) is 18.6. The van der Waals surface area contributed by atoms with Crippen molar-refractivity contribution < 1.29 is 4.79 Å². The van der Waals surface area contributed by atoms with E-state index in [0.717, 1.165) is 22.6 Å². The maximum atomic E-state index is 12.5. The second kappa shape index (κ2) is 8.04. The van der Waals surface area contributed by atoms with E-state index in [1.54, 1.807) is 0 Å². The van der Waals surface area contributed by atoms with Gasteiger partial charge >= 0.3 is 0 Å². The van der Waals surface area contributed by atoms with E-state index in [0.29, 0.717) is 10.6 Å². The van der Waals surface area contributed by atoms with Gasteiger partial charge in [0, 0.05) is 31.2 Å². The zero-order valence-electron chi connectivity index (χ0n) is 15.1. The Labute approximate surface area is 153 Å². The Morgan fingerprint density at radius 2 is 1.92 bits per heavy atom. The minimum atomic E-state index is -0.366. The molecule has 6 heteroatoms. The highest BCUT2D eigenvalue weighted by atomic mass is 32.2. The SMILES string of the molecule is Cc1cc(C)c(C#N)c(SC(C)C(=O)Nc2ccc(N(C)C)cc2)n1. The lowest BCUT2D eigenvalue weighted by molar-refractivity contribution is -0.115. The predicted octanol–water partition coefficient (Wildman–Crippen LogP) is 3.76. The molecule has 0 aliphatic carbocycles. The number of nitrogens with one attached hydrogen (secondary N) is 1. The fourth-order valence-corrected chi connectivity index (χ4v) is 3.35. The molecule has 1 heterocycles. The molecule has 1 atom stereocenters. The maximum Gasteiger partial charge on any atom is 0.237 e. The molecule has 2 rings (SSSR count). The standard InChI is InChI=1S/C19H22N4OS/c1-12-10-13(2)21-19(17(12)11-20)25-14(3)18(24)22-15-6-8-16(9-7-15)23(4)5/h6-10,14H,1-5H3,(H,22,24). The third kappa shape index (κ3) is 4.74. The van der Waals surface area contributed by atoms with Crippen LogP contribution in [0, 0.1) is 25.2 Å². The number of pyridine rings is 1. The van der Waals surface area contributed by atoms with Crippen LogP contribution in [0.5, 0.6) is 0 Å². The Morgan fingerprint density at radius 3 is 2.48 bits per heavy atom. The number of benzene rings is 1. The Morgan fingerprint density at radius 1 is 1.28 bits per heavy atom. The predicted molar refractivity (Wildman–Crippen MR) is 103 cm³/mol. The smallest absolute Gasteiger partial charge is 0.237 e. The lowest BCUT2D eigenvalue weighted by atomic mass is 10.1. The van der Waals surface area contributed by atoms with Crippen LogP contribution >= 0.6 is 11.8 Å². The Balaban J connectivity index is 2.09. The minimum absolute atomic E-state index is 0.118. The molecule has 2 aromatic rings. The largest absolute Gasteiger partial charge is 0.378 e. The molecule has 0 spiro atoms. The molecule has 130 valence electrons. The van der Waals surface area contributed by atoms with Gasteiger partial charge in [-0.15, -0.1) is 0 Å². The molecule has 0 aliphatic rings. The molecule has 1 unspecified atom stereocenters. The first-order valence-corrected chi connectivity index (χ1v) is 8.83. The van der Waals surface area contributed by atoms with Crippen LogP contribution in [0.15, 0.2) is 35.4 Å². The summed E-state index contributed by atoms with van der Waals surface area (Å²) in [4.78, 5) is 18.9. The van der Waals surface area contributed by atoms with Gasteiger partial charge < -0.3 is 10.2 Å². The number of rotatable bonds is 5. The van der Waals surface area contributed by atoms with Crippen molar-refractivity contribution in [2.75, 3.05) is 24.3 Å². The van der Waals surface area contributed by atoms with Gasteiger partial charge in [-0.05, 0) is 56.7 Å². The average molecular weight is 354 g/mol. The van der Waals surface area contributed by atoms with Gasteiger partial charge in [0.05, 0.1) is 10.8 Å². The molecule has 0 fully saturated rings. The summed E-state index contributed by atoms with van der Waals surface area (Å²) >= 11 is 1.30. The van der Waals surface area contributed by atoms with Gasteiger partial charge in [-0.1, -0.05) is 11.8 Å². The van der Waals surface area contributed by atoms with Crippen LogP contribution in [0.4, 0.5) is 11.4 Å². The van der Waals surface area contributed by atoms with E-state index in [9.17, 15) is 10.1 Å². The number of nitriles is 1. The van der Waals surface area contributed by atoms with Crippen LogP contribution in [-0.2, 0) is 4.79 Å². The molecule has 0 aliphatic heterocycles. The summed E-state index contributed by atoms with van der Waals surface area (Å²) in [6.45, 7) is 5.58. The third-order valence-corrected chi connectivity index (χ3v) is 4.82. The summed E-state index contributed by atoms with van der Waals surface area (Å²) in [6, 6.07) is 11.7. The Bertz CT molecular complexity index is 809. The number of hydrogen-bond acceptors (Lipinski definition) is 5. The zero-order valence-corrected chi connectivity index (χ0v) is 15.9. The molecular formula is C19H22N4OS. The van der Waals surface area contributed by atoms with Crippen molar-refractivity contribution in [3.8, 4) is 6.07 Å². The number of nitrogens with zero attached hydrogens (tertiary/aromatic N) is 3. The number of amides is 1. The molecule has 1 aromatic carbocycles. The second-order valence-corrected chi connectivity index (χ2v) is 7.39. The average Bonchev–Trinajstić information content (AvgIpc) is 2.54. The van der Waals surface area contributed by atoms with E-state index in [-0.39, 0.29) is 11.2 Å². The van der Waals surface area contributed by atoms with Crippen molar-refractivity contribution in [3.05, 3.63) is 47.2 Å². The van der Waals surface area contributed by atoms with Gasteiger partial charge in [0.1, 0.15) is 11.1 Å². The normalized spacial score (nSPS) is 11.5. The van der Waals surface area contributed by atoms with Gasteiger partial charge in [0.25, 0.3) is 0 Å². The first-order chi connectivity index (χ1) is 11.8. The van der Waals surface area contributed by atoms with Crippen LogP contribution in [0.1, 0.15) is 23.7 Å². The summed E-state index contributed by atoms with van der Waals surface area (Å²) in [5.74, 6) is -0.118. The number of aryl methyl sites for hydroxylation is 2. The van der Waals surface area contributed by atoms with Crippen molar-refractivity contribution >= 4 is 29.0 Å². The first kappa shape index (κ1) is 18.8. The summed E-state index contributed by atoms with van der Waals surface area (Å²) in [5, 5.41) is 12.5. The number of carbonyl (C=O) groups excluding carboxylic acids is 1. The Hall–Kier alpha value is -2.52. The van der Waals surface area contributed by atoms with Crippen LogP contribution in [-0.4, -0.2) is 30.2 Å². The first-order valence-electron chi connectivity index (χ1n) is 7.95. The summed E-state index contributed by atoms with van der Waals surface area (Å²) in [5.41, 5.74) is 4.07. The maximum absolute atomic E-state index is 12.5. The van der Waals surface area contributed by atoms with Crippen molar-refractivity contribution in [2.45, 2.75) is 31.0 Å². The molecule has 0 bridgehead atoms. The van der Waals surface area contributed by atoms with Crippen LogP contribution in [0.3, 0.4) is 0 Å². The number of aromatic nitrogens is 1. The number of thioether (sulfide) groups is 1. The molecule has 1 aromatic heterocycles. The van der Waals surface area contributed by atoms with Gasteiger partial charge in [-0.25, -0.2) is 4.98 Å². The summed E-state index contributed by atoms with van der Waals surface area (Å²) in [7, 11) is 3.94. The topological polar surface area (TPSA) is 69.0 Å². The third-order valence-electron chi connectivity index (χ3n) is 3.73. The van der Waals surface area contributed by atoms with E-state index in [1.165, 1.54) is 11.8 Å². The van der Waals surface area contributed by atoms with Crippen LogP contribution < -0.4 is 10.2 Å². The lowest BCUT2D eigenvalue weighted by Gasteiger charge is -2.15. The van der Waals surface area contributed by atoms with Crippen molar-refractivity contribution in [1.82, 2.24) is 4.98 Å². The monoisotopic (exact) mass is 354 g/mol. The van der Waals surface area contributed by atoms with Gasteiger partial charge in [-0.2, -0.15) is 5.26 Å². The van der Waals surface area contributed by atoms with Gasteiger partial charge in [-0.3, -0.25) is 4.79 Å². The fourth-order valence-electron chi connectivity index (χ4n) is 2.33. The molecule has 1 amide bonds. The van der Waals surface area contributed by atoms with E-state index in [1.807, 2.05) is 70.1 Å². The van der Waals surface area contributed by atoms with E-state index in [4.69, 9.17) is 0 Å². The highest BCUT2D eigenvalue weighted by Crippen LogP contribution is 2.28. The van der Waals surface area contributed by atoms with Crippen molar-refractivity contribution in [3.63, 3.8) is 0 Å². The summed E-state index contributed by atoms with van der Waals surface area (Å²) in [6.07, 6.45) is 0. The fraction of sp³-hybridized carbons (Fsp3) is 0.316. The van der Waals surface area contributed by atoms with Crippen molar-refractivity contribution in [1.29, 1.82) is 5.26 Å². The lowest BCUT2D eigenvalue weighted by Crippen LogP contribution is -2.22. The highest BCUT2D eigenvalue weighted by molar-refractivity contribution is 8.00. The molecular weight excluding hydrogens is 332 g/mol. The Kier molecular flexibility index (Phi) is 6.05. The van der Waals surface area contributed by atoms with Crippen LogP contribution in [0.25, 0.3) is 0 Å². The molecule has 0 radical (unpaired) electrons. The molecule has 0 saturated carbocycles. The van der Waals surface area contributed by atoms with E-state index < -0.39 is 0 Å². The van der Waals surface area contributed by atoms with E-state index in [2.05, 4.69) is 16.4 Å². The van der Waals surface area contributed by atoms with Crippen molar-refractivity contribution in [2.24, 2.45) is 0 Å².